The van der Waals surface area contributed by atoms with Crippen LogP contribution in [0.2, 0.25) is 0 Å². The molecule has 0 amide bonds. The molecule has 8 heteroatoms. The molecule has 0 heterocycles. The van der Waals surface area contributed by atoms with Crippen LogP contribution < -0.4 is 4.72 Å². The van der Waals surface area contributed by atoms with Crippen LogP contribution in [0.3, 0.4) is 0 Å². The first kappa shape index (κ1) is 17.5. The van der Waals surface area contributed by atoms with Gasteiger partial charge in [-0.3, -0.25) is 4.72 Å². The lowest BCUT2D eigenvalue weighted by atomic mass is 10.1. The Balaban J connectivity index is 2.08. The van der Waals surface area contributed by atoms with Crippen molar-refractivity contribution in [2.75, 3.05) is 11.8 Å². The molecule has 0 aliphatic rings. The molecular formula is C16H15NO6S. The lowest BCUT2D eigenvalue weighted by Crippen LogP contribution is -2.15. The maximum atomic E-state index is 12.1. The van der Waals surface area contributed by atoms with Crippen LogP contribution in [-0.4, -0.2) is 32.6 Å². The van der Waals surface area contributed by atoms with Crippen molar-refractivity contribution in [1.82, 2.24) is 0 Å². The van der Waals surface area contributed by atoms with Crippen LogP contribution in [-0.2, 0) is 20.5 Å². The van der Waals surface area contributed by atoms with E-state index in [1.165, 1.54) is 55.6 Å². The summed E-state index contributed by atoms with van der Waals surface area (Å²) in [5.74, 6) is -1.87. The maximum absolute atomic E-state index is 12.1. The number of sulfonamides is 1. The highest BCUT2D eigenvalue weighted by Crippen LogP contribution is 2.15. The predicted octanol–water partition coefficient (Wildman–Crippen LogP) is 2.11. The third-order valence-electron chi connectivity index (χ3n) is 3.14. The number of hydrogen-bond donors (Lipinski definition) is 2. The molecule has 0 atom stereocenters. The van der Waals surface area contributed by atoms with E-state index in [2.05, 4.69) is 9.46 Å². The van der Waals surface area contributed by atoms with Crippen LogP contribution in [0, 0.1) is 0 Å². The minimum Gasteiger partial charge on any atom is -0.478 e. The molecule has 2 aromatic rings. The number of benzene rings is 2. The van der Waals surface area contributed by atoms with Gasteiger partial charge < -0.3 is 9.84 Å². The minimum atomic E-state index is -3.67. The third kappa shape index (κ3) is 4.56. The number of nitrogens with one attached hydrogen (secondary N) is 1. The van der Waals surface area contributed by atoms with E-state index in [9.17, 15) is 18.0 Å². The van der Waals surface area contributed by atoms with Crippen LogP contribution in [0.1, 0.15) is 26.3 Å². The Morgan fingerprint density at radius 3 is 2.04 bits per heavy atom. The summed E-state index contributed by atoms with van der Waals surface area (Å²) in [5.41, 5.74) is 1.16. The molecule has 24 heavy (non-hydrogen) atoms. The maximum Gasteiger partial charge on any atom is 0.337 e. The molecule has 0 bridgehead atoms. The molecule has 0 aliphatic heterocycles. The Morgan fingerprint density at radius 2 is 1.54 bits per heavy atom. The summed E-state index contributed by atoms with van der Waals surface area (Å²) in [4.78, 5) is 22.1. The smallest absolute Gasteiger partial charge is 0.337 e. The first-order valence-corrected chi connectivity index (χ1v) is 8.47. The van der Waals surface area contributed by atoms with Crippen LogP contribution in [0.4, 0.5) is 5.69 Å². The van der Waals surface area contributed by atoms with Crippen LogP contribution in [0.15, 0.2) is 48.5 Å². The summed E-state index contributed by atoms with van der Waals surface area (Å²) >= 11 is 0. The van der Waals surface area contributed by atoms with Crippen molar-refractivity contribution in [2.45, 2.75) is 5.75 Å². The first-order chi connectivity index (χ1) is 11.3. The van der Waals surface area contributed by atoms with Crippen LogP contribution in [0.25, 0.3) is 0 Å². The highest BCUT2D eigenvalue weighted by Gasteiger charge is 2.13. The fourth-order valence-corrected chi connectivity index (χ4v) is 3.17. The lowest BCUT2D eigenvalue weighted by molar-refractivity contribution is 0.0599. The molecule has 126 valence electrons. The minimum absolute atomic E-state index is 0.0661. The number of carbonyl (C=O) groups excluding carboxylic acids is 1. The van der Waals surface area contributed by atoms with Gasteiger partial charge in [0.05, 0.1) is 24.0 Å². The van der Waals surface area contributed by atoms with Gasteiger partial charge in [-0.25, -0.2) is 18.0 Å². The van der Waals surface area contributed by atoms with E-state index in [4.69, 9.17) is 5.11 Å². The van der Waals surface area contributed by atoms with Crippen LogP contribution in [0.5, 0.6) is 0 Å². The van der Waals surface area contributed by atoms with Crippen molar-refractivity contribution in [3.63, 3.8) is 0 Å². The molecule has 2 aromatic carbocycles. The molecule has 0 aromatic heterocycles. The zero-order valence-corrected chi connectivity index (χ0v) is 13.5. The average molecular weight is 349 g/mol. The van der Waals surface area contributed by atoms with Gasteiger partial charge in [-0.2, -0.15) is 0 Å². The second-order valence-electron chi connectivity index (χ2n) is 4.93. The van der Waals surface area contributed by atoms with Gasteiger partial charge in [0.25, 0.3) is 0 Å². The number of carboxylic acid groups (broad SMARTS) is 1. The van der Waals surface area contributed by atoms with Gasteiger partial charge in [0, 0.05) is 5.69 Å². The molecule has 2 rings (SSSR count). The standard InChI is InChI=1S/C16H15NO6S/c1-23-16(20)13-4-2-11(3-5-13)10-24(21,22)17-14-8-6-12(7-9-14)15(18)19/h2-9,17H,10H2,1H3,(H,18,19). The van der Waals surface area contributed by atoms with Crippen molar-refractivity contribution in [1.29, 1.82) is 0 Å². The molecular weight excluding hydrogens is 334 g/mol. The van der Waals surface area contributed by atoms with Crippen molar-refractivity contribution in [3.8, 4) is 0 Å². The summed E-state index contributed by atoms with van der Waals surface area (Å²) in [6.45, 7) is 0. The topological polar surface area (TPSA) is 110 Å². The largest absolute Gasteiger partial charge is 0.478 e. The van der Waals surface area contributed by atoms with E-state index in [1.807, 2.05) is 0 Å². The average Bonchev–Trinajstić information content (AvgIpc) is 2.54. The molecule has 0 unspecified atom stereocenters. The van der Waals surface area contributed by atoms with Gasteiger partial charge in [0.2, 0.25) is 10.0 Å². The summed E-state index contributed by atoms with van der Waals surface area (Å²) in [6.07, 6.45) is 0. The number of methoxy groups -OCH3 is 1. The Kier molecular flexibility index (Phi) is 5.20. The summed E-state index contributed by atoms with van der Waals surface area (Å²) in [6, 6.07) is 11.4. The fourth-order valence-electron chi connectivity index (χ4n) is 1.97. The second kappa shape index (κ2) is 7.14. The molecule has 0 saturated heterocycles. The van der Waals surface area contributed by atoms with Gasteiger partial charge in [-0.1, -0.05) is 12.1 Å². The monoisotopic (exact) mass is 349 g/mol. The first-order valence-electron chi connectivity index (χ1n) is 6.82. The van der Waals surface area contributed by atoms with Gasteiger partial charge in [-0.05, 0) is 42.0 Å². The molecule has 0 radical (unpaired) electrons. The number of carboxylic acids is 1. The van der Waals surface area contributed by atoms with Gasteiger partial charge in [-0.15, -0.1) is 0 Å². The van der Waals surface area contributed by atoms with E-state index < -0.39 is 22.0 Å². The fraction of sp³-hybridized carbons (Fsp3) is 0.125. The second-order valence-corrected chi connectivity index (χ2v) is 6.65. The highest BCUT2D eigenvalue weighted by atomic mass is 32.2. The van der Waals surface area contributed by atoms with Crippen molar-refractivity contribution >= 4 is 27.6 Å². The summed E-state index contributed by atoms with van der Waals surface area (Å²) in [5, 5.41) is 8.81. The molecule has 0 spiro atoms. The number of esters is 1. The van der Waals surface area contributed by atoms with E-state index in [1.54, 1.807) is 0 Å². The SMILES string of the molecule is COC(=O)c1ccc(CS(=O)(=O)Nc2ccc(C(=O)O)cc2)cc1. The summed E-state index contributed by atoms with van der Waals surface area (Å²) in [7, 11) is -2.41. The zero-order valence-electron chi connectivity index (χ0n) is 12.7. The third-order valence-corrected chi connectivity index (χ3v) is 4.40. The van der Waals surface area contributed by atoms with Crippen molar-refractivity contribution in [3.05, 3.63) is 65.2 Å². The Hall–Kier alpha value is -2.87. The Labute approximate surface area is 138 Å². The molecule has 7 nitrogen and oxygen atoms in total. The number of anilines is 1. The number of hydrogen-bond acceptors (Lipinski definition) is 5. The van der Waals surface area contributed by atoms with E-state index in [0.29, 0.717) is 11.1 Å². The molecule has 0 aliphatic carbocycles. The highest BCUT2D eigenvalue weighted by molar-refractivity contribution is 7.91. The van der Waals surface area contributed by atoms with Crippen molar-refractivity contribution in [2.24, 2.45) is 0 Å². The zero-order chi connectivity index (χ0) is 17.7. The lowest BCUT2D eigenvalue weighted by Gasteiger charge is -2.09. The Morgan fingerprint density at radius 1 is 1.00 bits per heavy atom. The van der Waals surface area contributed by atoms with Crippen LogP contribution >= 0.6 is 0 Å². The number of aromatic carboxylic acids is 1. The van der Waals surface area contributed by atoms with E-state index in [0.717, 1.165) is 0 Å². The van der Waals surface area contributed by atoms with Gasteiger partial charge in [0.1, 0.15) is 0 Å². The Bertz CT molecular complexity index is 841. The molecule has 2 N–H and O–H groups in total. The van der Waals surface area contributed by atoms with E-state index >= 15 is 0 Å². The number of ether oxygens (including phenoxy) is 1. The van der Waals surface area contributed by atoms with E-state index in [-0.39, 0.29) is 17.0 Å². The van der Waals surface area contributed by atoms with Crippen molar-refractivity contribution < 1.29 is 27.9 Å². The van der Waals surface area contributed by atoms with Gasteiger partial charge >= 0.3 is 11.9 Å². The normalized spacial score (nSPS) is 10.9. The number of rotatable bonds is 6. The number of carbonyl (C=O) groups is 2. The van der Waals surface area contributed by atoms with Gasteiger partial charge in [0.15, 0.2) is 0 Å². The predicted molar refractivity (Wildman–Crippen MR) is 87.4 cm³/mol. The quantitative estimate of drug-likeness (QED) is 0.773. The summed E-state index contributed by atoms with van der Waals surface area (Å²) < 4.78 is 31.2. The molecule has 0 fully saturated rings. The molecule has 0 saturated carbocycles.